The summed E-state index contributed by atoms with van der Waals surface area (Å²) in [5, 5.41) is 2.83. The van der Waals surface area contributed by atoms with Crippen molar-refractivity contribution in [3.05, 3.63) is 96.1 Å². The first-order chi connectivity index (χ1) is 17.1. The Morgan fingerprint density at radius 3 is 2.17 bits per heavy atom. The molecule has 2 heterocycles. The first kappa shape index (κ1) is 25.1. The predicted molar refractivity (Wildman–Crippen MR) is 130 cm³/mol. The standard InChI is InChI=1S/C27H24F4N4O/c1-34(2)16-15-32-26(36)19-9-7-18(8-10-19)22-12-13-23(20-11-14-25(28)33-17-20)35(22)24-6-4-3-5-21(24)27(29,30)31/h3-14,17H,15-16H2,1-2H3,(H,32,36). The van der Waals surface area contributed by atoms with Gasteiger partial charge in [-0.2, -0.15) is 17.6 Å². The van der Waals surface area contributed by atoms with E-state index in [-0.39, 0.29) is 11.6 Å². The number of nitrogens with zero attached hydrogens (tertiary/aromatic N) is 3. The molecule has 0 fully saturated rings. The molecule has 4 aromatic rings. The number of halogens is 4. The highest BCUT2D eigenvalue weighted by atomic mass is 19.4. The molecular weight excluding hydrogens is 472 g/mol. The number of aromatic nitrogens is 2. The minimum absolute atomic E-state index is 0.0742. The highest BCUT2D eigenvalue weighted by Crippen LogP contribution is 2.39. The lowest BCUT2D eigenvalue weighted by Crippen LogP contribution is -2.31. The number of alkyl halides is 3. The molecule has 4 rings (SSSR count). The van der Waals surface area contributed by atoms with Crippen molar-refractivity contribution in [3.8, 4) is 28.2 Å². The zero-order chi connectivity index (χ0) is 25.9. The number of amides is 1. The quantitative estimate of drug-likeness (QED) is 0.266. The number of nitrogens with one attached hydrogen (secondary N) is 1. The summed E-state index contributed by atoms with van der Waals surface area (Å²) >= 11 is 0. The number of pyridine rings is 1. The molecule has 0 bridgehead atoms. The van der Waals surface area contributed by atoms with E-state index in [0.29, 0.717) is 41.2 Å². The summed E-state index contributed by atoms with van der Waals surface area (Å²) in [6.45, 7) is 1.18. The Morgan fingerprint density at radius 1 is 0.917 bits per heavy atom. The van der Waals surface area contributed by atoms with Crippen molar-refractivity contribution in [1.82, 2.24) is 19.8 Å². The van der Waals surface area contributed by atoms with E-state index in [0.717, 1.165) is 12.1 Å². The van der Waals surface area contributed by atoms with Crippen LogP contribution in [0, 0.1) is 5.95 Å². The number of benzene rings is 2. The molecular formula is C27H24F4N4O. The maximum atomic E-state index is 13.9. The second-order valence-corrected chi connectivity index (χ2v) is 8.46. The third kappa shape index (κ3) is 5.46. The van der Waals surface area contributed by atoms with Crippen LogP contribution in [0.4, 0.5) is 17.6 Å². The Hall–Kier alpha value is -3.98. The molecule has 0 radical (unpaired) electrons. The average Bonchev–Trinajstić information content (AvgIpc) is 3.29. The first-order valence-corrected chi connectivity index (χ1v) is 11.2. The van der Waals surface area contributed by atoms with Crippen molar-refractivity contribution in [3.63, 3.8) is 0 Å². The Balaban J connectivity index is 1.79. The van der Waals surface area contributed by atoms with E-state index in [1.165, 1.54) is 35.0 Å². The highest BCUT2D eigenvalue weighted by molar-refractivity contribution is 5.94. The molecule has 186 valence electrons. The average molecular weight is 497 g/mol. The van der Waals surface area contributed by atoms with Crippen molar-refractivity contribution < 1.29 is 22.4 Å². The third-order valence-corrected chi connectivity index (χ3v) is 5.64. The summed E-state index contributed by atoms with van der Waals surface area (Å²) in [6, 6.07) is 17.9. The number of carbonyl (C=O) groups excluding carboxylic acids is 1. The van der Waals surface area contributed by atoms with Crippen LogP contribution in [-0.4, -0.2) is 47.5 Å². The lowest BCUT2D eigenvalue weighted by atomic mass is 10.1. The van der Waals surface area contributed by atoms with E-state index in [1.54, 1.807) is 36.4 Å². The molecule has 1 amide bonds. The van der Waals surface area contributed by atoms with Gasteiger partial charge in [-0.1, -0.05) is 24.3 Å². The van der Waals surface area contributed by atoms with Crippen LogP contribution in [0.5, 0.6) is 0 Å². The second kappa shape index (κ2) is 10.3. The number of carbonyl (C=O) groups is 1. The van der Waals surface area contributed by atoms with Crippen LogP contribution >= 0.6 is 0 Å². The van der Waals surface area contributed by atoms with Gasteiger partial charge in [0.25, 0.3) is 5.91 Å². The molecule has 1 N–H and O–H groups in total. The number of hydrogen-bond donors (Lipinski definition) is 1. The molecule has 0 unspecified atom stereocenters. The minimum atomic E-state index is -4.59. The van der Waals surface area contributed by atoms with Crippen molar-refractivity contribution in [2.75, 3.05) is 27.2 Å². The molecule has 5 nitrogen and oxygen atoms in total. The summed E-state index contributed by atoms with van der Waals surface area (Å²) < 4.78 is 56.7. The maximum absolute atomic E-state index is 13.9. The van der Waals surface area contributed by atoms with Gasteiger partial charge in [0.15, 0.2) is 0 Å². The van der Waals surface area contributed by atoms with Crippen LogP contribution in [0.3, 0.4) is 0 Å². The fourth-order valence-electron chi connectivity index (χ4n) is 3.87. The lowest BCUT2D eigenvalue weighted by Gasteiger charge is -2.19. The van der Waals surface area contributed by atoms with E-state index < -0.39 is 17.7 Å². The number of rotatable bonds is 7. The van der Waals surface area contributed by atoms with Crippen molar-refractivity contribution in [2.24, 2.45) is 0 Å². The molecule has 36 heavy (non-hydrogen) atoms. The molecule has 0 saturated heterocycles. The van der Waals surface area contributed by atoms with E-state index in [1.807, 2.05) is 19.0 Å². The summed E-state index contributed by atoms with van der Waals surface area (Å²) in [5.41, 5.74) is 1.51. The molecule has 0 atom stereocenters. The van der Waals surface area contributed by atoms with Crippen LogP contribution in [0.2, 0.25) is 0 Å². The summed E-state index contributed by atoms with van der Waals surface area (Å²) in [6.07, 6.45) is -3.31. The van der Waals surface area contributed by atoms with Crippen molar-refractivity contribution in [2.45, 2.75) is 6.18 Å². The molecule has 2 aromatic heterocycles. The SMILES string of the molecule is CN(C)CCNC(=O)c1ccc(-c2ccc(-c3ccc(F)nc3)n2-c2ccccc2C(F)(F)F)cc1. The van der Waals surface area contributed by atoms with E-state index in [4.69, 9.17) is 0 Å². The lowest BCUT2D eigenvalue weighted by molar-refractivity contribution is -0.137. The normalized spacial score (nSPS) is 11.6. The number of likely N-dealkylation sites (N-methyl/N-ethyl adjacent to an activating group) is 1. The van der Waals surface area contributed by atoms with Gasteiger partial charge in [-0.05, 0) is 68.2 Å². The Kier molecular flexibility index (Phi) is 7.21. The topological polar surface area (TPSA) is 50.2 Å². The first-order valence-electron chi connectivity index (χ1n) is 11.2. The monoisotopic (exact) mass is 496 g/mol. The zero-order valence-electron chi connectivity index (χ0n) is 19.7. The zero-order valence-corrected chi connectivity index (χ0v) is 19.7. The fourth-order valence-corrected chi connectivity index (χ4v) is 3.87. The van der Waals surface area contributed by atoms with Gasteiger partial charge in [0.1, 0.15) is 0 Å². The number of para-hydroxylation sites is 1. The van der Waals surface area contributed by atoms with E-state index in [9.17, 15) is 22.4 Å². The van der Waals surface area contributed by atoms with Crippen LogP contribution < -0.4 is 5.32 Å². The smallest absolute Gasteiger partial charge is 0.351 e. The predicted octanol–water partition coefficient (Wildman–Crippen LogP) is 5.66. The molecule has 0 aliphatic heterocycles. The van der Waals surface area contributed by atoms with Crippen LogP contribution in [-0.2, 0) is 6.18 Å². The largest absolute Gasteiger partial charge is 0.418 e. The Morgan fingerprint density at radius 2 is 1.56 bits per heavy atom. The summed E-state index contributed by atoms with van der Waals surface area (Å²) in [5.74, 6) is -0.925. The molecule has 0 spiro atoms. The molecule has 9 heteroatoms. The van der Waals surface area contributed by atoms with Crippen LogP contribution in [0.15, 0.2) is 79.0 Å². The molecule has 0 aliphatic rings. The summed E-state index contributed by atoms with van der Waals surface area (Å²) in [4.78, 5) is 18.0. The second-order valence-electron chi connectivity index (χ2n) is 8.46. The molecule has 0 aliphatic carbocycles. The number of hydrogen-bond acceptors (Lipinski definition) is 3. The fraction of sp³-hybridized carbons (Fsp3) is 0.185. The van der Waals surface area contributed by atoms with Gasteiger partial charge in [-0.3, -0.25) is 4.79 Å². The van der Waals surface area contributed by atoms with Gasteiger partial charge in [0.2, 0.25) is 5.95 Å². The van der Waals surface area contributed by atoms with E-state index >= 15 is 0 Å². The molecule has 0 saturated carbocycles. The van der Waals surface area contributed by atoms with Crippen molar-refractivity contribution >= 4 is 5.91 Å². The van der Waals surface area contributed by atoms with E-state index in [2.05, 4.69) is 10.3 Å². The third-order valence-electron chi connectivity index (χ3n) is 5.64. The van der Waals surface area contributed by atoms with Gasteiger partial charge in [0, 0.05) is 30.4 Å². The van der Waals surface area contributed by atoms with Crippen LogP contribution in [0.25, 0.3) is 28.2 Å². The van der Waals surface area contributed by atoms with Crippen molar-refractivity contribution in [1.29, 1.82) is 0 Å². The Bertz CT molecular complexity index is 1340. The van der Waals surface area contributed by atoms with Crippen LogP contribution in [0.1, 0.15) is 15.9 Å². The highest BCUT2D eigenvalue weighted by Gasteiger charge is 2.34. The summed E-state index contributed by atoms with van der Waals surface area (Å²) in [7, 11) is 3.81. The van der Waals surface area contributed by atoms with Gasteiger partial charge >= 0.3 is 6.18 Å². The maximum Gasteiger partial charge on any atom is 0.418 e. The van der Waals surface area contributed by atoms with Gasteiger partial charge in [-0.25, -0.2) is 4.98 Å². The minimum Gasteiger partial charge on any atom is -0.351 e. The van der Waals surface area contributed by atoms with Gasteiger partial charge < -0.3 is 14.8 Å². The molecule has 2 aromatic carbocycles. The Labute approximate surface area is 206 Å². The van der Waals surface area contributed by atoms with Gasteiger partial charge in [-0.15, -0.1) is 0 Å². The van der Waals surface area contributed by atoms with Gasteiger partial charge in [0.05, 0.1) is 22.6 Å².